The summed E-state index contributed by atoms with van der Waals surface area (Å²) in [6.07, 6.45) is 0.924. The quantitative estimate of drug-likeness (QED) is 0.768. The summed E-state index contributed by atoms with van der Waals surface area (Å²) in [5, 5.41) is 10.5. The van der Waals surface area contributed by atoms with Crippen molar-refractivity contribution in [3.8, 4) is 0 Å². The van der Waals surface area contributed by atoms with Crippen molar-refractivity contribution in [2.75, 3.05) is 20.1 Å². The number of aryl methyl sites for hydroxylation is 2. The van der Waals surface area contributed by atoms with E-state index in [0.717, 1.165) is 29.9 Å². The molecular formula is C17H24N4O. The van der Waals surface area contributed by atoms with E-state index in [-0.39, 0.29) is 5.91 Å². The van der Waals surface area contributed by atoms with Crippen LogP contribution in [-0.2, 0) is 6.54 Å². The summed E-state index contributed by atoms with van der Waals surface area (Å²) in [5.41, 5.74) is 3.91. The smallest absolute Gasteiger partial charge is 0.251 e. The molecule has 0 aliphatic carbocycles. The molecule has 0 spiro atoms. The first-order valence-electron chi connectivity index (χ1n) is 7.63. The maximum Gasteiger partial charge on any atom is 0.251 e. The Labute approximate surface area is 131 Å². The van der Waals surface area contributed by atoms with E-state index in [1.807, 2.05) is 49.8 Å². The zero-order chi connectivity index (χ0) is 15.9. The molecule has 0 bridgehead atoms. The summed E-state index contributed by atoms with van der Waals surface area (Å²) < 4.78 is 1.96. The minimum absolute atomic E-state index is 0.0219. The molecule has 1 heterocycles. The molecule has 1 amide bonds. The van der Waals surface area contributed by atoms with Crippen LogP contribution in [0.5, 0.6) is 0 Å². The van der Waals surface area contributed by atoms with Crippen molar-refractivity contribution < 1.29 is 4.79 Å². The van der Waals surface area contributed by atoms with Gasteiger partial charge in [0.15, 0.2) is 0 Å². The van der Waals surface area contributed by atoms with Gasteiger partial charge in [0.2, 0.25) is 0 Å². The molecule has 5 nitrogen and oxygen atoms in total. The van der Waals surface area contributed by atoms with Crippen LogP contribution < -0.4 is 10.6 Å². The second-order valence-electron chi connectivity index (χ2n) is 5.50. The van der Waals surface area contributed by atoms with Gasteiger partial charge in [0.25, 0.3) is 5.91 Å². The van der Waals surface area contributed by atoms with Gasteiger partial charge in [0.1, 0.15) is 0 Å². The SMILES string of the molecule is CNCCCNC(=O)c1cccc(Cn2nc(C)cc2C)c1. The maximum atomic E-state index is 12.1. The molecule has 5 heteroatoms. The summed E-state index contributed by atoms with van der Waals surface area (Å²) >= 11 is 0. The van der Waals surface area contributed by atoms with Crippen LogP contribution in [0.15, 0.2) is 30.3 Å². The molecule has 22 heavy (non-hydrogen) atoms. The first-order chi connectivity index (χ1) is 10.6. The topological polar surface area (TPSA) is 58.9 Å². The van der Waals surface area contributed by atoms with Crippen LogP contribution in [0, 0.1) is 13.8 Å². The number of hydrogen-bond acceptors (Lipinski definition) is 3. The van der Waals surface area contributed by atoms with Gasteiger partial charge in [-0.3, -0.25) is 9.48 Å². The standard InChI is InChI=1S/C17H24N4O/c1-13-10-14(2)21(20-13)12-15-6-4-7-16(11-15)17(22)19-9-5-8-18-3/h4,6-7,10-11,18H,5,8-9,12H2,1-3H3,(H,19,22). The Morgan fingerprint density at radius 1 is 1.23 bits per heavy atom. The van der Waals surface area contributed by atoms with Gasteiger partial charge in [0.05, 0.1) is 12.2 Å². The molecule has 0 saturated carbocycles. The molecule has 0 unspecified atom stereocenters. The number of nitrogens with one attached hydrogen (secondary N) is 2. The first-order valence-corrected chi connectivity index (χ1v) is 7.63. The highest BCUT2D eigenvalue weighted by atomic mass is 16.1. The Bertz CT molecular complexity index is 633. The Balaban J connectivity index is 2.00. The van der Waals surface area contributed by atoms with E-state index < -0.39 is 0 Å². The van der Waals surface area contributed by atoms with Crippen LogP contribution in [0.1, 0.15) is 33.7 Å². The lowest BCUT2D eigenvalue weighted by molar-refractivity contribution is 0.0953. The van der Waals surface area contributed by atoms with Gasteiger partial charge in [-0.15, -0.1) is 0 Å². The zero-order valence-electron chi connectivity index (χ0n) is 13.5. The number of hydrogen-bond donors (Lipinski definition) is 2. The lowest BCUT2D eigenvalue weighted by Crippen LogP contribution is -2.26. The van der Waals surface area contributed by atoms with Crippen molar-refractivity contribution in [1.29, 1.82) is 0 Å². The van der Waals surface area contributed by atoms with Crippen molar-refractivity contribution in [3.63, 3.8) is 0 Å². The molecule has 2 rings (SSSR count). The molecule has 2 N–H and O–H groups in total. The van der Waals surface area contributed by atoms with Gasteiger partial charge < -0.3 is 10.6 Å². The lowest BCUT2D eigenvalue weighted by Gasteiger charge is -2.08. The first kappa shape index (κ1) is 16.2. The van der Waals surface area contributed by atoms with Gasteiger partial charge in [0, 0.05) is 17.8 Å². The minimum Gasteiger partial charge on any atom is -0.352 e. The third-order valence-electron chi connectivity index (χ3n) is 3.51. The van der Waals surface area contributed by atoms with Gasteiger partial charge in [-0.25, -0.2) is 0 Å². The average molecular weight is 300 g/mol. The summed E-state index contributed by atoms with van der Waals surface area (Å²) in [6.45, 7) is 6.29. The number of rotatable bonds is 7. The van der Waals surface area contributed by atoms with E-state index in [1.54, 1.807) is 0 Å². The lowest BCUT2D eigenvalue weighted by atomic mass is 10.1. The fourth-order valence-electron chi connectivity index (χ4n) is 2.39. The molecule has 1 aromatic heterocycles. The number of aromatic nitrogens is 2. The summed E-state index contributed by atoms with van der Waals surface area (Å²) in [5.74, 6) is -0.0219. The molecule has 0 fully saturated rings. The molecule has 118 valence electrons. The van der Waals surface area contributed by atoms with E-state index in [4.69, 9.17) is 0 Å². The average Bonchev–Trinajstić information content (AvgIpc) is 2.81. The van der Waals surface area contributed by atoms with Gasteiger partial charge in [-0.2, -0.15) is 5.10 Å². The zero-order valence-corrected chi connectivity index (χ0v) is 13.5. The Kier molecular flexibility index (Phi) is 5.72. The highest BCUT2D eigenvalue weighted by molar-refractivity contribution is 5.94. The molecule has 1 aromatic carbocycles. The fraction of sp³-hybridized carbons (Fsp3) is 0.412. The highest BCUT2D eigenvalue weighted by Gasteiger charge is 2.07. The second-order valence-corrected chi connectivity index (χ2v) is 5.50. The van der Waals surface area contributed by atoms with Crippen LogP contribution in [-0.4, -0.2) is 35.8 Å². The van der Waals surface area contributed by atoms with Crippen LogP contribution in [0.2, 0.25) is 0 Å². The Morgan fingerprint density at radius 2 is 2.05 bits per heavy atom. The number of benzene rings is 1. The van der Waals surface area contributed by atoms with Crippen LogP contribution >= 0.6 is 0 Å². The number of nitrogens with zero attached hydrogens (tertiary/aromatic N) is 2. The molecular weight excluding hydrogens is 276 g/mol. The molecule has 0 aliphatic heterocycles. The molecule has 0 radical (unpaired) electrons. The van der Waals surface area contributed by atoms with Gasteiger partial charge in [-0.05, 0) is 57.6 Å². The largest absolute Gasteiger partial charge is 0.352 e. The third kappa shape index (κ3) is 4.43. The monoisotopic (exact) mass is 300 g/mol. The normalized spacial score (nSPS) is 10.7. The second kappa shape index (κ2) is 7.75. The highest BCUT2D eigenvalue weighted by Crippen LogP contribution is 2.10. The third-order valence-corrected chi connectivity index (χ3v) is 3.51. The van der Waals surface area contributed by atoms with E-state index >= 15 is 0 Å². The van der Waals surface area contributed by atoms with E-state index in [1.165, 1.54) is 0 Å². The van der Waals surface area contributed by atoms with Crippen LogP contribution in [0.25, 0.3) is 0 Å². The van der Waals surface area contributed by atoms with Crippen molar-refractivity contribution in [1.82, 2.24) is 20.4 Å². The number of carbonyl (C=O) groups is 1. The molecule has 0 saturated heterocycles. The van der Waals surface area contributed by atoms with Crippen LogP contribution in [0.4, 0.5) is 0 Å². The van der Waals surface area contributed by atoms with Gasteiger partial charge >= 0.3 is 0 Å². The maximum absolute atomic E-state index is 12.1. The van der Waals surface area contributed by atoms with Crippen molar-refractivity contribution >= 4 is 5.91 Å². The summed E-state index contributed by atoms with van der Waals surface area (Å²) in [6, 6.07) is 9.78. The summed E-state index contributed by atoms with van der Waals surface area (Å²) in [7, 11) is 1.91. The predicted molar refractivity (Wildman–Crippen MR) is 88.1 cm³/mol. The molecule has 2 aromatic rings. The Hall–Kier alpha value is -2.14. The number of carbonyl (C=O) groups excluding carboxylic acids is 1. The van der Waals surface area contributed by atoms with E-state index in [2.05, 4.69) is 21.8 Å². The van der Waals surface area contributed by atoms with Crippen molar-refractivity contribution in [2.24, 2.45) is 0 Å². The molecule has 0 atom stereocenters. The number of amides is 1. The van der Waals surface area contributed by atoms with Crippen LogP contribution in [0.3, 0.4) is 0 Å². The minimum atomic E-state index is -0.0219. The predicted octanol–water partition coefficient (Wildman–Crippen LogP) is 1.89. The fourth-order valence-corrected chi connectivity index (χ4v) is 2.39. The van der Waals surface area contributed by atoms with Crippen molar-refractivity contribution in [3.05, 3.63) is 52.8 Å². The summed E-state index contributed by atoms with van der Waals surface area (Å²) in [4.78, 5) is 12.1. The van der Waals surface area contributed by atoms with Gasteiger partial charge in [-0.1, -0.05) is 12.1 Å². The van der Waals surface area contributed by atoms with Crippen molar-refractivity contribution in [2.45, 2.75) is 26.8 Å². The Morgan fingerprint density at radius 3 is 2.73 bits per heavy atom. The molecule has 0 aliphatic rings. The van der Waals surface area contributed by atoms with E-state index in [0.29, 0.717) is 18.7 Å². The van der Waals surface area contributed by atoms with E-state index in [9.17, 15) is 4.79 Å².